The van der Waals surface area contributed by atoms with Crippen molar-refractivity contribution in [1.82, 2.24) is 20.0 Å². The van der Waals surface area contributed by atoms with Crippen LogP contribution in [0.2, 0.25) is 0 Å². The van der Waals surface area contributed by atoms with Gasteiger partial charge in [0.2, 0.25) is 5.91 Å². The first kappa shape index (κ1) is 20.8. The average molecular weight is 400 g/mol. The molecule has 1 aromatic heterocycles. The number of fused-ring (bicyclic) bond motifs is 1. The third kappa shape index (κ3) is 5.79. The lowest BCUT2D eigenvalue weighted by molar-refractivity contribution is -0.122. The van der Waals surface area contributed by atoms with Gasteiger partial charge < -0.3 is 15.0 Å². The first-order chi connectivity index (χ1) is 13.7. The van der Waals surface area contributed by atoms with Crippen molar-refractivity contribution in [3.63, 3.8) is 0 Å². The molecule has 1 atom stereocenters. The number of hydrogen-bond acceptors (Lipinski definition) is 6. The highest BCUT2D eigenvalue weighted by atomic mass is 16.6. The Balaban J connectivity index is 1.60. The van der Waals surface area contributed by atoms with E-state index in [-0.39, 0.29) is 11.9 Å². The number of nitrogens with zero attached hydrogens (tertiary/aromatic N) is 5. The molecule has 1 N–H and O–H groups in total. The fraction of sp³-hybridized carbons (Fsp3) is 0.650. The van der Waals surface area contributed by atoms with Crippen LogP contribution >= 0.6 is 0 Å². The molecular formula is C20H28N6O3. The van der Waals surface area contributed by atoms with Crippen LogP contribution in [0.25, 0.3) is 0 Å². The monoisotopic (exact) mass is 400 g/mol. The molecule has 9 heteroatoms. The molecule has 3 rings (SSSR count). The standard InChI is InChI=1S/C20H28N6O3/c1-5-6-9-20(23-24-20)10-7-17(27)22-15-12-25(18(28)29-19(2,3)4)14-16-8-11-21-26(16)13-15/h1,8,11,15H,6-7,9-10,12-14H2,2-4H3,(H,22,27). The number of terminal acetylenes is 1. The number of carbonyl (C=O) groups excluding carboxylic acids is 2. The summed E-state index contributed by atoms with van der Waals surface area (Å²) >= 11 is 0. The van der Waals surface area contributed by atoms with Gasteiger partial charge in [-0.15, -0.1) is 12.3 Å². The molecule has 2 aliphatic heterocycles. The van der Waals surface area contributed by atoms with Crippen molar-refractivity contribution < 1.29 is 14.3 Å². The van der Waals surface area contributed by atoms with Crippen LogP contribution in [-0.4, -0.2) is 50.5 Å². The van der Waals surface area contributed by atoms with E-state index in [9.17, 15) is 9.59 Å². The minimum atomic E-state index is -0.591. The van der Waals surface area contributed by atoms with Gasteiger partial charge in [-0.25, -0.2) is 4.79 Å². The van der Waals surface area contributed by atoms with Gasteiger partial charge in [0.1, 0.15) is 5.60 Å². The Labute approximate surface area is 170 Å². The molecule has 0 saturated heterocycles. The van der Waals surface area contributed by atoms with Gasteiger partial charge in [-0.05, 0) is 26.8 Å². The normalized spacial score (nSPS) is 19.7. The minimum Gasteiger partial charge on any atom is -0.444 e. The zero-order valence-corrected chi connectivity index (χ0v) is 17.2. The molecule has 2 amide bonds. The summed E-state index contributed by atoms with van der Waals surface area (Å²) in [5.41, 5.74) is -0.173. The number of aromatic nitrogens is 2. The largest absolute Gasteiger partial charge is 0.444 e. The lowest BCUT2D eigenvalue weighted by Gasteiger charge is -2.28. The van der Waals surface area contributed by atoms with Gasteiger partial charge in [-0.2, -0.15) is 15.3 Å². The predicted octanol–water partition coefficient (Wildman–Crippen LogP) is 2.47. The first-order valence-electron chi connectivity index (χ1n) is 9.85. The maximum absolute atomic E-state index is 12.6. The Morgan fingerprint density at radius 1 is 1.34 bits per heavy atom. The maximum Gasteiger partial charge on any atom is 0.410 e. The summed E-state index contributed by atoms with van der Waals surface area (Å²) in [4.78, 5) is 26.8. The molecule has 0 aromatic carbocycles. The summed E-state index contributed by atoms with van der Waals surface area (Å²) < 4.78 is 7.33. The number of hydrogen-bond donors (Lipinski definition) is 1. The van der Waals surface area contributed by atoms with E-state index >= 15 is 0 Å². The zero-order chi connectivity index (χ0) is 21.1. The molecule has 0 fully saturated rings. The maximum atomic E-state index is 12.6. The van der Waals surface area contributed by atoms with Crippen molar-refractivity contribution in [2.24, 2.45) is 10.2 Å². The van der Waals surface area contributed by atoms with Crippen LogP contribution in [0.4, 0.5) is 4.79 Å². The Hall–Kier alpha value is -2.89. The second-order valence-corrected chi connectivity index (χ2v) is 8.52. The van der Waals surface area contributed by atoms with E-state index in [0.717, 1.165) is 5.69 Å². The fourth-order valence-electron chi connectivity index (χ4n) is 3.29. The van der Waals surface area contributed by atoms with Gasteiger partial charge in [0, 0.05) is 38.4 Å². The highest BCUT2D eigenvalue weighted by Gasteiger charge is 2.39. The predicted molar refractivity (Wildman–Crippen MR) is 106 cm³/mol. The van der Waals surface area contributed by atoms with E-state index in [2.05, 4.69) is 26.6 Å². The Kier molecular flexibility index (Phi) is 5.91. The van der Waals surface area contributed by atoms with E-state index in [1.807, 2.05) is 31.5 Å². The Morgan fingerprint density at radius 2 is 2.10 bits per heavy atom. The van der Waals surface area contributed by atoms with Crippen LogP contribution in [0.5, 0.6) is 0 Å². The van der Waals surface area contributed by atoms with Gasteiger partial charge in [-0.1, -0.05) is 0 Å². The first-order valence-corrected chi connectivity index (χ1v) is 9.85. The lowest BCUT2D eigenvalue weighted by atomic mass is 10.0. The molecule has 3 heterocycles. The molecule has 0 bridgehead atoms. The van der Waals surface area contributed by atoms with Crippen LogP contribution < -0.4 is 5.32 Å². The number of carbonyl (C=O) groups is 2. The number of ether oxygens (including phenoxy) is 1. The van der Waals surface area contributed by atoms with Crippen LogP contribution in [0.3, 0.4) is 0 Å². The second kappa shape index (κ2) is 8.23. The van der Waals surface area contributed by atoms with Gasteiger partial charge in [-0.3, -0.25) is 9.48 Å². The van der Waals surface area contributed by atoms with Gasteiger partial charge in [0.05, 0.1) is 24.8 Å². The molecule has 1 aromatic rings. The van der Waals surface area contributed by atoms with Crippen molar-refractivity contribution in [2.45, 2.75) is 76.8 Å². The fourth-order valence-corrected chi connectivity index (χ4v) is 3.29. The SMILES string of the molecule is C#CCCC1(CCC(=O)NC2CN(C(=O)OC(C)(C)C)Cc3ccnn3C2)N=N1. The van der Waals surface area contributed by atoms with Gasteiger partial charge in [0.15, 0.2) is 5.66 Å². The number of amides is 2. The highest BCUT2D eigenvalue weighted by molar-refractivity contribution is 5.76. The van der Waals surface area contributed by atoms with Crippen LogP contribution in [0.1, 0.15) is 52.1 Å². The quantitative estimate of drug-likeness (QED) is 0.741. The van der Waals surface area contributed by atoms with Gasteiger partial charge in [0.25, 0.3) is 0 Å². The molecule has 0 saturated carbocycles. The molecule has 0 aliphatic carbocycles. The van der Waals surface area contributed by atoms with Crippen LogP contribution in [0, 0.1) is 12.3 Å². The molecule has 0 spiro atoms. The van der Waals surface area contributed by atoms with E-state index in [1.165, 1.54) is 0 Å². The van der Waals surface area contributed by atoms with E-state index in [1.54, 1.807) is 11.1 Å². The van der Waals surface area contributed by atoms with E-state index in [0.29, 0.717) is 45.3 Å². The highest BCUT2D eigenvalue weighted by Crippen LogP contribution is 2.37. The summed E-state index contributed by atoms with van der Waals surface area (Å²) in [6.45, 7) is 6.71. The van der Waals surface area contributed by atoms with Crippen molar-refractivity contribution >= 4 is 12.0 Å². The summed E-state index contributed by atoms with van der Waals surface area (Å²) in [5.74, 6) is 2.48. The lowest BCUT2D eigenvalue weighted by Crippen LogP contribution is -2.47. The van der Waals surface area contributed by atoms with Crippen LogP contribution in [0.15, 0.2) is 22.5 Å². The summed E-state index contributed by atoms with van der Waals surface area (Å²) in [5, 5.41) is 15.5. The third-order valence-electron chi connectivity index (χ3n) is 4.81. The number of rotatable bonds is 6. The molecule has 29 heavy (non-hydrogen) atoms. The molecular weight excluding hydrogens is 372 g/mol. The topological polar surface area (TPSA) is 101 Å². The molecule has 2 aliphatic rings. The second-order valence-electron chi connectivity index (χ2n) is 8.52. The van der Waals surface area contributed by atoms with Crippen molar-refractivity contribution in [3.05, 3.63) is 18.0 Å². The minimum absolute atomic E-state index is 0.105. The average Bonchev–Trinajstić information content (AvgIpc) is 3.32. The molecule has 156 valence electrons. The molecule has 0 radical (unpaired) electrons. The summed E-state index contributed by atoms with van der Waals surface area (Å²) in [6.07, 6.45) is 8.68. The summed E-state index contributed by atoms with van der Waals surface area (Å²) in [7, 11) is 0. The molecule has 1 unspecified atom stereocenters. The van der Waals surface area contributed by atoms with Crippen molar-refractivity contribution in [3.8, 4) is 12.3 Å². The Morgan fingerprint density at radius 3 is 2.76 bits per heavy atom. The van der Waals surface area contributed by atoms with E-state index < -0.39 is 17.4 Å². The smallest absolute Gasteiger partial charge is 0.410 e. The zero-order valence-electron chi connectivity index (χ0n) is 17.2. The summed E-state index contributed by atoms with van der Waals surface area (Å²) in [6, 6.07) is 1.60. The number of nitrogens with one attached hydrogen (secondary N) is 1. The van der Waals surface area contributed by atoms with Crippen LogP contribution in [-0.2, 0) is 22.6 Å². The Bertz CT molecular complexity index is 826. The molecule has 9 nitrogen and oxygen atoms in total. The van der Waals surface area contributed by atoms with Crippen molar-refractivity contribution in [1.29, 1.82) is 0 Å². The van der Waals surface area contributed by atoms with Gasteiger partial charge >= 0.3 is 6.09 Å². The van der Waals surface area contributed by atoms with Crippen molar-refractivity contribution in [2.75, 3.05) is 6.54 Å². The third-order valence-corrected chi connectivity index (χ3v) is 4.81. The van der Waals surface area contributed by atoms with E-state index in [4.69, 9.17) is 11.2 Å².